The maximum absolute atomic E-state index is 12.6. The largest absolute Gasteiger partial charge is 0.476 e. The number of fused-ring (bicyclic) bond motifs is 1. The van der Waals surface area contributed by atoms with E-state index in [9.17, 15) is 23.1 Å². The number of halogens is 3. The molecule has 0 saturated heterocycles. The SMILES string of the molecule is CC1Cc2c(c(C(=O)O)nn2-c2ccc(C(F)(F)F)cc2)CO1. The van der Waals surface area contributed by atoms with Crippen LogP contribution in [0.1, 0.15) is 34.2 Å². The van der Waals surface area contributed by atoms with E-state index in [1.165, 1.54) is 16.8 Å². The fourth-order valence-corrected chi connectivity index (χ4v) is 2.58. The quantitative estimate of drug-likeness (QED) is 0.921. The number of hydrogen-bond acceptors (Lipinski definition) is 3. The molecule has 0 radical (unpaired) electrons. The van der Waals surface area contributed by atoms with Crippen molar-refractivity contribution in [1.29, 1.82) is 0 Å². The zero-order valence-electron chi connectivity index (χ0n) is 12.1. The molecule has 8 heteroatoms. The van der Waals surface area contributed by atoms with Gasteiger partial charge in [-0.1, -0.05) is 0 Å². The molecule has 1 aromatic heterocycles. The van der Waals surface area contributed by atoms with Crippen molar-refractivity contribution in [2.75, 3.05) is 0 Å². The van der Waals surface area contributed by atoms with Crippen LogP contribution in [0, 0.1) is 0 Å². The lowest BCUT2D eigenvalue weighted by Crippen LogP contribution is -2.21. The Kier molecular flexibility index (Phi) is 3.63. The van der Waals surface area contributed by atoms with Crippen molar-refractivity contribution in [1.82, 2.24) is 9.78 Å². The third kappa shape index (κ3) is 2.81. The average molecular weight is 326 g/mol. The van der Waals surface area contributed by atoms with Gasteiger partial charge in [0, 0.05) is 12.0 Å². The number of hydrogen-bond donors (Lipinski definition) is 1. The molecule has 0 fully saturated rings. The molecule has 1 aromatic carbocycles. The van der Waals surface area contributed by atoms with E-state index in [0.717, 1.165) is 12.1 Å². The summed E-state index contributed by atoms with van der Waals surface area (Å²) in [6.07, 6.45) is -4.10. The number of nitrogens with zero attached hydrogens (tertiary/aromatic N) is 2. The van der Waals surface area contributed by atoms with E-state index in [1.807, 2.05) is 6.92 Å². The van der Waals surface area contributed by atoms with Gasteiger partial charge in [-0.05, 0) is 31.2 Å². The molecule has 5 nitrogen and oxygen atoms in total. The molecule has 1 aliphatic heterocycles. The highest BCUT2D eigenvalue weighted by atomic mass is 19.4. The predicted octanol–water partition coefficient (Wildman–Crippen LogP) is 3.05. The molecular weight excluding hydrogens is 313 g/mol. The molecule has 0 aliphatic carbocycles. The van der Waals surface area contributed by atoms with Crippen molar-refractivity contribution in [3.05, 3.63) is 46.8 Å². The first-order valence-corrected chi connectivity index (χ1v) is 6.90. The molecule has 0 spiro atoms. The second-order valence-electron chi connectivity index (χ2n) is 5.36. The monoisotopic (exact) mass is 326 g/mol. The molecule has 2 heterocycles. The van der Waals surface area contributed by atoms with Gasteiger partial charge in [-0.15, -0.1) is 0 Å². The minimum absolute atomic E-state index is 0.117. The van der Waals surface area contributed by atoms with Crippen LogP contribution in [0.4, 0.5) is 13.2 Å². The number of ether oxygens (including phenoxy) is 1. The maximum atomic E-state index is 12.6. The van der Waals surface area contributed by atoms with Gasteiger partial charge in [-0.25, -0.2) is 9.48 Å². The van der Waals surface area contributed by atoms with Crippen LogP contribution in [0.5, 0.6) is 0 Å². The van der Waals surface area contributed by atoms with Gasteiger partial charge >= 0.3 is 12.1 Å². The number of carbonyl (C=O) groups is 1. The second-order valence-corrected chi connectivity index (χ2v) is 5.36. The highest BCUT2D eigenvalue weighted by Crippen LogP contribution is 2.31. The zero-order chi connectivity index (χ0) is 16.8. The Hall–Kier alpha value is -2.35. The van der Waals surface area contributed by atoms with E-state index in [4.69, 9.17) is 4.74 Å². The fourth-order valence-electron chi connectivity index (χ4n) is 2.58. The summed E-state index contributed by atoms with van der Waals surface area (Å²) >= 11 is 0. The normalized spacial score (nSPS) is 17.8. The molecular formula is C15H13F3N2O3. The molecule has 0 amide bonds. The number of benzene rings is 1. The van der Waals surface area contributed by atoms with Gasteiger partial charge in [0.2, 0.25) is 0 Å². The van der Waals surface area contributed by atoms with E-state index < -0.39 is 17.7 Å². The van der Waals surface area contributed by atoms with Crippen LogP contribution in [0.25, 0.3) is 5.69 Å². The minimum atomic E-state index is -4.42. The highest BCUT2D eigenvalue weighted by Gasteiger charge is 2.31. The maximum Gasteiger partial charge on any atom is 0.416 e. The van der Waals surface area contributed by atoms with Crippen LogP contribution in [0.15, 0.2) is 24.3 Å². The summed E-state index contributed by atoms with van der Waals surface area (Å²) < 4.78 is 44.7. The van der Waals surface area contributed by atoms with Gasteiger partial charge in [0.1, 0.15) is 0 Å². The molecule has 122 valence electrons. The van der Waals surface area contributed by atoms with Gasteiger partial charge in [0.05, 0.1) is 29.7 Å². The lowest BCUT2D eigenvalue weighted by molar-refractivity contribution is -0.137. The van der Waals surface area contributed by atoms with Crippen LogP contribution in [0.2, 0.25) is 0 Å². The number of carboxylic acids is 1. The number of alkyl halides is 3. The topological polar surface area (TPSA) is 64.3 Å². The standard InChI is InChI=1S/C15H13F3N2O3/c1-8-6-12-11(7-23-8)13(14(21)22)19-20(12)10-4-2-9(3-5-10)15(16,17)18/h2-5,8H,6-7H2,1H3,(H,21,22). The molecule has 0 bridgehead atoms. The van der Waals surface area contributed by atoms with Crippen molar-refractivity contribution in [2.24, 2.45) is 0 Å². The van der Waals surface area contributed by atoms with Gasteiger partial charge in [-0.2, -0.15) is 18.3 Å². The predicted molar refractivity (Wildman–Crippen MR) is 73.5 cm³/mol. The number of carboxylic acid groups (broad SMARTS) is 1. The molecule has 0 saturated carbocycles. The third-order valence-corrected chi connectivity index (χ3v) is 3.72. The Bertz CT molecular complexity index is 751. The van der Waals surface area contributed by atoms with Gasteiger partial charge in [0.25, 0.3) is 0 Å². The smallest absolute Gasteiger partial charge is 0.416 e. The molecule has 2 aromatic rings. The lowest BCUT2D eigenvalue weighted by Gasteiger charge is -2.21. The molecule has 1 aliphatic rings. The van der Waals surface area contributed by atoms with Crippen molar-refractivity contribution < 1.29 is 27.8 Å². The Labute approximate surface area is 129 Å². The molecule has 1 atom stereocenters. The van der Waals surface area contributed by atoms with Crippen LogP contribution < -0.4 is 0 Å². The van der Waals surface area contributed by atoms with Crippen LogP contribution in [-0.2, 0) is 23.9 Å². The van der Waals surface area contributed by atoms with Crippen molar-refractivity contribution >= 4 is 5.97 Å². The van der Waals surface area contributed by atoms with Crippen molar-refractivity contribution in [2.45, 2.75) is 32.2 Å². The van der Waals surface area contributed by atoms with Gasteiger partial charge in [-0.3, -0.25) is 0 Å². The zero-order valence-corrected chi connectivity index (χ0v) is 12.1. The minimum Gasteiger partial charge on any atom is -0.476 e. The Balaban J connectivity index is 2.08. The highest BCUT2D eigenvalue weighted by molar-refractivity contribution is 5.87. The summed E-state index contributed by atoms with van der Waals surface area (Å²) in [5, 5.41) is 13.3. The van der Waals surface area contributed by atoms with E-state index >= 15 is 0 Å². The third-order valence-electron chi connectivity index (χ3n) is 3.72. The summed E-state index contributed by atoms with van der Waals surface area (Å²) in [7, 11) is 0. The first-order chi connectivity index (χ1) is 10.8. The van der Waals surface area contributed by atoms with E-state index in [1.54, 1.807) is 0 Å². The summed E-state index contributed by atoms with van der Waals surface area (Å²) in [5.41, 5.74) is 0.608. The van der Waals surface area contributed by atoms with Gasteiger partial charge < -0.3 is 9.84 Å². The molecule has 3 rings (SSSR count). The van der Waals surface area contributed by atoms with E-state index in [2.05, 4.69) is 5.10 Å². The van der Waals surface area contributed by atoms with Crippen molar-refractivity contribution in [3.8, 4) is 5.69 Å². The lowest BCUT2D eigenvalue weighted by atomic mass is 10.1. The summed E-state index contributed by atoms with van der Waals surface area (Å²) in [4.78, 5) is 11.3. The summed E-state index contributed by atoms with van der Waals surface area (Å²) in [6, 6.07) is 4.46. The van der Waals surface area contributed by atoms with Crippen LogP contribution in [-0.4, -0.2) is 27.0 Å². The van der Waals surface area contributed by atoms with E-state index in [0.29, 0.717) is 23.4 Å². The van der Waals surface area contributed by atoms with Crippen molar-refractivity contribution in [3.63, 3.8) is 0 Å². The Morgan fingerprint density at radius 3 is 2.57 bits per heavy atom. The molecule has 1 unspecified atom stereocenters. The average Bonchev–Trinajstić information content (AvgIpc) is 2.85. The first kappa shape index (κ1) is 15.5. The summed E-state index contributed by atoms with van der Waals surface area (Å²) in [6.45, 7) is 1.96. The second kappa shape index (κ2) is 5.38. The Morgan fingerprint density at radius 1 is 1.35 bits per heavy atom. The number of rotatable bonds is 2. The first-order valence-electron chi connectivity index (χ1n) is 6.90. The summed E-state index contributed by atoms with van der Waals surface area (Å²) in [5.74, 6) is -1.19. The van der Waals surface area contributed by atoms with E-state index in [-0.39, 0.29) is 18.4 Å². The molecule has 1 N–H and O–H groups in total. The Morgan fingerprint density at radius 2 is 2.00 bits per heavy atom. The van der Waals surface area contributed by atoms with Crippen LogP contribution in [0.3, 0.4) is 0 Å². The number of aromatic nitrogens is 2. The number of aromatic carboxylic acids is 1. The van der Waals surface area contributed by atoms with Gasteiger partial charge in [0.15, 0.2) is 5.69 Å². The molecule has 23 heavy (non-hydrogen) atoms. The fraction of sp³-hybridized carbons (Fsp3) is 0.333. The van der Waals surface area contributed by atoms with Crippen LogP contribution >= 0.6 is 0 Å².